The number of aromatic nitrogens is 3. The minimum Gasteiger partial charge on any atom is -0.379 e. The summed E-state index contributed by atoms with van der Waals surface area (Å²) in [6.07, 6.45) is 4.81. The molecule has 2 aromatic heterocycles. The number of sulfonamides is 1. The molecule has 3 rings (SSSR count). The molecule has 1 aliphatic heterocycles. The fourth-order valence-corrected chi connectivity index (χ4v) is 3.37. The summed E-state index contributed by atoms with van der Waals surface area (Å²) in [6, 6.07) is 2.59. The van der Waals surface area contributed by atoms with E-state index in [4.69, 9.17) is 4.74 Å². The lowest BCUT2D eigenvalue weighted by Gasteiger charge is -2.17. The zero-order valence-electron chi connectivity index (χ0n) is 11.9. The van der Waals surface area contributed by atoms with E-state index in [1.165, 1.54) is 31.7 Å². The Morgan fingerprint density at radius 2 is 2.32 bits per heavy atom. The first kappa shape index (κ1) is 14.9. The number of hydrogen-bond acceptors (Lipinski definition) is 5. The number of pyridine rings is 1. The predicted octanol–water partition coefficient (Wildman–Crippen LogP) is 1.20. The van der Waals surface area contributed by atoms with E-state index >= 15 is 0 Å². The van der Waals surface area contributed by atoms with E-state index in [1.54, 1.807) is 4.68 Å². The number of rotatable bonds is 4. The molecule has 2 aromatic rings. The number of ether oxygens (including phenoxy) is 1. The lowest BCUT2D eigenvalue weighted by molar-refractivity contribution is 0.184. The van der Waals surface area contributed by atoms with Gasteiger partial charge in [0.2, 0.25) is 0 Å². The average Bonchev–Trinajstić information content (AvgIpc) is 3.18. The molecule has 9 heteroatoms. The molecule has 0 amide bonds. The monoisotopic (exact) mass is 326 g/mol. The molecule has 1 atom stereocenters. The van der Waals surface area contributed by atoms with E-state index in [2.05, 4.69) is 10.1 Å². The number of hydrogen-bond donors (Lipinski definition) is 0. The molecule has 0 bridgehead atoms. The van der Waals surface area contributed by atoms with Gasteiger partial charge in [0.25, 0.3) is 10.0 Å². The van der Waals surface area contributed by atoms with Crippen molar-refractivity contribution in [1.29, 1.82) is 0 Å². The first-order valence-corrected chi connectivity index (χ1v) is 8.15. The Kier molecular flexibility index (Phi) is 3.83. The quantitative estimate of drug-likeness (QED) is 0.844. The van der Waals surface area contributed by atoms with E-state index in [1.807, 2.05) is 0 Å². The Hall–Kier alpha value is -2.00. The first-order chi connectivity index (χ1) is 10.5. The van der Waals surface area contributed by atoms with Crippen LogP contribution in [-0.4, -0.2) is 43.4 Å². The minimum atomic E-state index is -3.92. The number of halogens is 1. The zero-order chi connectivity index (χ0) is 15.7. The molecule has 0 saturated carbocycles. The molecule has 0 radical (unpaired) electrons. The van der Waals surface area contributed by atoms with Gasteiger partial charge in [-0.25, -0.2) is 17.8 Å². The van der Waals surface area contributed by atoms with Crippen LogP contribution < -0.4 is 4.31 Å². The fraction of sp³-hybridized carbons (Fsp3) is 0.385. The van der Waals surface area contributed by atoms with Crippen molar-refractivity contribution in [2.24, 2.45) is 0 Å². The number of nitrogens with zero attached hydrogens (tertiary/aromatic N) is 4. The third-order valence-electron chi connectivity index (χ3n) is 3.55. The van der Waals surface area contributed by atoms with E-state index in [-0.39, 0.29) is 16.8 Å². The van der Waals surface area contributed by atoms with Gasteiger partial charge in [-0.15, -0.1) is 0 Å². The fourth-order valence-electron chi connectivity index (χ4n) is 2.27. The van der Waals surface area contributed by atoms with Gasteiger partial charge in [0.1, 0.15) is 4.90 Å². The summed E-state index contributed by atoms with van der Waals surface area (Å²) in [5, 5.41) is 4.08. The number of anilines is 1. The molecule has 1 fully saturated rings. The lowest BCUT2D eigenvalue weighted by Crippen LogP contribution is -2.28. The van der Waals surface area contributed by atoms with Crippen molar-refractivity contribution in [3.63, 3.8) is 0 Å². The van der Waals surface area contributed by atoms with Crippen molar-refractivity contribution in [3.05, 3.63) is 36.5 Å². The third-order valence-corrected chi connectivity index (χ3v) is 5.25. The summed E-state index contributed by atoms with van der Waals surface area (Å²) in [5.41, 5.74) is 0. The van der Waals surface area contributed by atoms with Crippen LogP contribution in [0.5, 0.6) is 0 Å². The molecule has 7 nitrogen and oxygen atoms in total. The normalized spacial score (nSPS) is 18.5. The van der Waals surface area contributed by atoms with Gasteiger partial charge in [0, 0.05) is 26.0 Å². The van der Waals surface area contributed by atoms with Crippen molar-refractivity contribution in [1.82, 2.24) is 14.8 Å². The molecule has 0 N–H and O–H groups in total. The van der Waals surface area contributed by atoms with E-state index in [0.717, 1.165) is 16.8 Å². The van der Waals surface area contributed by atoms with Crippen molar-refractivity contribution in [2.75, 3.05) is 24.6 Å². The summed E-state index contributed by atoms with van der Waals surface area (Å²) in [4.78, 5) is 3.77. The Bertz CT molecular complexity index is 771. The lowest BCUT2D eigenvalue weighted by atomic mass is 10.3. The summed E-state index contributed by atoms with van der Waals surface area (Å²) in [7, 11) is -2.66. The summed E-state index contributed by atoms with van der Waals surface area (Å²) < 4.78 is 46.5. The van der Waals surface area contributed by atoms with Gasteiger partial charge >= 0.3 is 0 Å². The topological polar surface area (TPSA) is 77.3 Å². The molecule has 0 aromatic carbocycles. The van der Waals surface area contributed by atoms with Crippen LogP contribution in [0.3, 0.4) is 0 Å². The van der Waals surface area contributed by atoms with Crippen LogP contribution in [0.25, 0.3) is 0 Å². The van der Waals surface area contributed by atoms with Crippen LogP contribution in [0.2, 0.25) is 0 Å². The van der Waals surface area contributed by atoms with Crippen LogP contribution in [0, 0.1) is 5.82 Å². The smallest absolute Gasteiger partial charge is 0.268 e. The highest BCUT2D eigenvalue weighted by Gasteiger charge is 2.27. The summed E-state index contributed by atoms with van der Waals surface area (Å²) in [5.74, 6) is -0.954. The van der Waals surface area contributed by atoms with E-state index in [9.17, 15) is 12.8 Å². The molecule has 1 aliphatic rings. The molecular formula is C13H15FN4O3S. The van der Waals surface area contributed by atoms with E-state index < -0.39 is 15.8 Å². The molecular weight excluding hydrogens is 311 g/mol. The van der Waals surface area contributed by atoms with Crippen molar-refractivity contribution >= 4 is 15.8 Å². The molecule has 118 valence electrons. The Morgan fingerprint density at radius 1 is 1.50 bits per heavy atom. The van der Waals surface area contributed by atoms with Crippen LogP contribution in [0.1, 0.15) is 12.5 Å². The zero-order valence-corrected chi connectivity index (χ0v) is 12.7. The maximum atomic E-state index is 13.7. The van der Waals surface area contributed by atoms with Crippen LogP contribution in [0.15, 0.2) is 35.6 Å². The maximum Gasteiger partial charge on any atom is 0.268 e. The summed E-state index contributed by atoms with van der Waals surface area (Å²) in [6.45, 7) is 1.14. The second-order valence-corrected chi connectivity index (χ2v) is 6.92. The Balaban J connectivity index is 1.91. The van der Waals surface area contributed by atoms with Gasteiger partial charge in [-0.1, -0.05) is 0 Å². The molecule has 0 aliphatic carbocycles. The third kappa shape index (κ3) is 2.57. The van der Waals surface area contributed by atoms with Gasteiger partial charge in [-0.3, -0.25) is 8.99 Å². The molecule has 22 heavy (non-hydrogen) atoms. The summed E-state index contributed by atoms with van der Waals surface area (Å²) >= 11 is 0. The first-order valence-electron chi connectivity index (χ1n) is 6.71. The maximum absolute atomic E-state index is 13.7. The SMILES string of the molecule is CN(c1ncccc1F)S(=O)(=O)c1cnn(C2CCOC2)c1. The highest BCUT2D eigenvalue weighted by Crippen LogP contribution is 2.24. The van der Waals surface area contributed by atoms with E-state index in [0.29, 0.717) is 13.2 Å². The molecule has 0 spiro atoms. The van der Waals surface area contributed by atoms with Crippen LogP contribution >= 0.6 is 0 Å². The van der Waals surface area contributed by atoms with Gasteiger partial charge in [0.05, 0.1) is 18.8 Å². The van der Waals surface area contributed by atoms with Gasteiger partial charge < -0.3 is 4.74 Å². The standard InChI is InChI=1S/C13H15FN4O3S/c1-17(13-12(14)3-2-5-15-13)22(19,20)11-7-16-18(8-11)10-4-6-21-9-10/h2-3,5,7-8,10H,4,6,9H2,1H3. The second-order valence-electron chi connectivity index (χ2n) is 4.95. The minimum absolute atomic E-state index is 0.00745. The average molecular weight is 326 g/mol. The Labute approximate surface area is 127 Å². The highest BCUT2D eigenvalue weighted by molar-refractivity contribution is 7.92. The van der Waals surface area contributed by atoms with Crippen molar-refractivity contribution < 1.29 is 17.5 Å². The van der Waals surface area contributed by atoms with Gasteiger partial charge in [-0.2, -0.15) is 5.10 Å². The largest absolute Gasteiger partial charge is 0.379 e. The Morgan fingerprint density at radius 3 is 3.00 bits per heavy atom. The van der Waals surface area contributed by atoms with Crippen LogP contribution in [-0.2, 0) is 14.8 Å². The molecule has 1 saturated heterocycles. The molecule has 1 unspecified atom stereocenters. The highest BCUT2D eigenvalue weighted by atomic mass is 32.2. The van der Waals surface area contributed by atoms with Crippen molar-refractivity contribution in [2.45, 2.75) is 17.4 Å². The van der Waals surface area contributed by atoms with Crippen LogP contribution in [0.4, 0.5) is 10.2 Å². The van der Waals surface area contributed by atoms with Gasteiger partial charge in [-0.05, 0) is 18.6 Å². The predicted molar refractivity (Wildman–Crippen MR) is 76.5 cm³/mol. The molecule has 3 heterocycles. The van der Waals surface area contributed by atoms with Crippen molar-refractivity contribution in [3.8, 4) is 0 Å². The second kappa shape index (κ2) is 5.65. The van der Waals surface area contributed by atoms with Gasteiger partial charge in [0.15, 0.2) is 11.6 Å².